The van der Waals surface area contributed by atoms with Crippen LogP contribution in [0.5, 0.6) is 11.5 Å². The summed E-state index contributed by atoms with van der Waals surface area (Å²) in [5, 5.41) is 48.6. The average Bonchev–Trinajstić information content (AvgIpc) is 2.54. The summed E-state index contributed by atoms with van der Waals surface area (Å²) >= 11 is 0. The number of hydrogen-bond donors (Lipinski definition) is 5. The molecule has 1 aliphatic heterocycles. The topological polar surface area (TPSA) is 129 Å². The molecule has 0 saturated carbocycles. The molecule has 1 aliphatic rings. The molecule has 1 aromatic rings. The zero-order chi connectivity index (χ0) is 17.1. The van der Waals surface area contributed by atoms with Crippen LogP contribution in [0.3, 0.4) is 0 Å². The molecule has 8 heteroatoms. The van der Waals surface area contributed by atoms with Gasteiger partial charge in [-0.2, -0.15) is 0 Å². The second-order valence-electron chi connectivity index (χ2n) is 5.36. The van der Waals surface area contributed by atoms with Gasteiger partial charge in [0.1, 0.15) is 35.9 Å². The number of methoxy groups -OCH3 is 1. The number of aliphatic hydroxyl groups excluding tert-OH is 5. The second kappa shape index (κ2) is 7.43. The van der Waals surface area contributed by atoms with Gasteiger partial charge in [0.05, 0.1) is 25.4 Å². The molecular formula is C15H22O8. The first-order valence-corrected chi connectivity index (χ1v) is 7.22. The Balaban J connectivity index is 2.27. The van der Waals surface area contributed by atoms with Gasteiger partial charge in [0.2, 0.25) is 6.29 Å². The van der Waals surface area contributed by atoms with Crippen molar-refractivity contribution in [3.05, 3.63) is 23.8 Å². The third-order valence-corrected chi connectivity index (χ3v) is 3.76. The average molecular weight is 330 g/mol. The van der Waals surface area contributed by atoms with Crippen molar-refractivity contribution in [1.29, 1.82) is 0 Å². The van der Waals surface area contributed by atoms with Gasteiger partial charge in [-0.25, -0.2) is 0 Å². The van der Waals surface area contributed by atoms with E-state index in [1.807, 2.05) is 0 Å². The maximum atomic E-state index is 10.0. The fourth-order valence-electron chi connectivity index (χ4n) is 2.51. The third kappa shape index (κ3) is 3.57. The molecule has 130 valence electrons. The third-order valence-electron chi connectivity index (χ3n) is 3.76. The molecule has 1 fully saturated rings. The van der Waals surface area contributed by atoms with Gasteiger partial charge in [-0.3, -0.25) is 0 Å². The molecule has 6 atom stereocenters. The van der Waals surface area contributed by atoms with Crippen molar-refractivity contribution in [2.45, 2.75) is 43.7 Å². The standard InChI is InChI=1S/C15H22O8/c1-7(17)11-8(21-2)4-3-5-9(11)22-15-14(20)13(19)12(18)10(6-16)23-15/h3-5,7,10,12-20H,6H2,1-2H3/t7-,10+,12+,13-,14+,15+/m0/s1. The lowest BCUT2D eigenvalue weighted by Crippen LogP contribution is -2.60. The van der Waals surface area contributed by atoms with Crippen LogP contribution in [0.25, 0.3) is 0 Å². The fraction of sp³-hybridized carbons (Fsp3) is 0.600. The molecule has 0 radical (unpaired) electrons. The summed E-state index contributed by atoms with van der Waals surface area (Å²) in [6.45, 7) is 0.976. The van der Waals surface area contributed by atoms with Gasteiger partial charge in [-0.05, 0) is 19.1 Å². The predicted molar refractivity (Wildman–Crippen MR) is 78.0 cm³/mol. The summed E-state index contributed by atoms with van der Waals surface area (Å²) in [6, 6.07) is 4.82. The van der Waals surface area contributed by atoms with Crippen LogP contribution in [0.2, 0.25) is 0 Å². The quantitative estimate of drug-likeness (QED) is 0.461. The maximum absolute atomic E-state index is 10.0. The molecule has 0 aliphatic carbocycles. The van der Waals surface area contributed by atoms with Crippen molar-refractivity contribution in [3.8, 4) is 11.5 Å². The molecule has 0 bridgehead atoms. The zero-order valence-electron chi connectivity index (χ0n) is 12.9. The Morgan fingerprint density at radius 1 is 1.13 bits per heavy atom. The summed E-state index contributed by atoms with van der Waals surface area (Å²) in [7, 11) is 1.44. The summed E-state index contributed by atoms with van der Waals surface area (Å²) in [4.78, 5) is 0. The van der Waals surface area contributed by atoms with Crippen LogP contribution in [-0.4, -0.2) is 70.0 Å². The van der Waals surface area contributed by atoms with E-state index < -0.39 is 43.4 Å². The van der Waals surface area contributed by atoms with Crippen LogP contribution >= 0.6 is 0 Å². The van der Waals surface area contributed by atoms with E-state index in [-0.39, 0.29) is 5.75 Å². The van der Waals surface area contributed by atoms with E-state index in [1.54, 1.807) is 18.2 Å². The number of ether oxygens (including phenoxy) is 3. The Hall–Kier alpha value is -1.42. The van der Waals surface area contributed by atoms with Crippen LogP contribution in [0.1, 0.15) is 18.6 Å². The molecule has 23 heavy (non-hydrogen) atoms. The lowest BCUT2D eigenvalue weighted by Gasteiger charge is -2.39. The molecule has 2 rings (SSSR count). The Kier molecular flexibility index (Phi) is 5.79. The lowest BCUT2D eigenvalue weighted by molar-refractivity contribution is -0.277. The zero-order valence-corrected chi connectivity index (χ0v) is 12.9. The summed E-state index contributed by atoms with van der Waals surface area (Å²) in [6.07, 6.45) is -7.83. The number of benzene rings is 1. The normalized spacial score (nSPS) is 32.4. The van der Waals surface area contributed by atoms with Crippen molar-refractivity contribution >= 4 is 0 Å². The molecule has 0 unspecified atom stereocenters. The Labute approximate surface area is 133 Å². The van der Waals surface area contributed by atoms with Crippen molar-refractivity contribution in [3.63, 3.8) is 0 Å². The number of hydrogen-bond acceptors (Lipinski definition) is 8. The number of rotatable bonds is 5. The van der Waals surface area contributed by atoms with Gasteiger partial charge in [0.15, 0.2) is 0 Å². The molecule has 8 nitrogen and oxygen atoms in total. The molecule has 5 N–H and O–H groups in total. The second-order valence-corrected chi connectivity index (χ2v) is 5.36. The van der Waals surface area contributed by atoms with E-state index in [1.165, 1.54) is 14.0 Å². The van der Waals surface area contributed by atoms with Gasteiger partial charge < -0.3 is 39.7 Å². The van der Waals surface area contributed by atoms with E-state index in [9.17, 15) is 25.5 Å². The Bertz CT molecular complexity index is 518. The summed E-state index contributed by atoms with van der Waals surface area (Å²) < 4.78 is 16.0. The highest BCUT2D eigenvalue weighted by Gasteiger charge is 2.45. The van der Waals surface area contributed by atoms with Crippen molar-refractivity contribution in [2.24, 2.45) is 0 Å². The highest BCUT2D eigenvalue weighted by Crippen LogP contribution is 2.35. The molecule has 1 saturated heterocycles. The first-order valence-electron chi connectivity index (χ1n) is 7.22. The highest BCUT2D eigenvalue weighted by atomic mass is 16.7. The fourth-order valence-corrected chi connectivity index (χ4v) is 2.51. The number of aliphatic hydroxyl groups is 5. The van der Waals surface area contributed by atoms with Crippen molar-refractivity contribution in [2.75, 3.05) is 13.7 Å². The van der Waals surface area contributed by atoms with Gasteiger partial charge in [-0.1, -0.05) is 6.07 Å². The first kappa shape index (κ1) is 17.9. The van der Waals surface area contributed by atoms with Crippen LogP contribution in [0.4, 0.5) is 0 Å². The minimum atomic E-state index is -1.54. The molecule has 1 aromatic carbocycles. The van der Waals surface area contributed by atoms with E-state index in [4.69, 9.17) is 14.2 Å². The van der Waals surface area contributed by atoms with Crippen molar-refractivity contribution in [1.82, 2.24) is 0 Å². The minimum Gasteiger partial charge on any atom is -0.496 e. The van der Waals surface area contributed by atoms with Gasteiger partial charge in [0, 0.05) is 0 Å². The Morgan fingerprint density at radius 2 is 1.78 bits per heavy atom. The lowest BCUT2D eigenvalue weighted by atomic mass is 9.99. The van der Waals surface area contributed by atoms with Crippen LogP contribution < -0.4 is 9.47 Å². The van der Waals surface area contributed by atoms with Gasteiger partial charge in [-0.15, -0.1) is 0 Å². The summed E-state index contributed by atoms with van der Waals surface area (Å²) in [5.41, 5.74) is 0.354. The van der Waals surface area contributed by atoms with Crippen molar-refractivity contribution < 1.29 is 39.7 Å². The van der Waals surface area contributed by atoms with Gasteiger partial charge in [0.25, 0.3) is 0 Å². The molecular weight excluding hydrogens is 308 g/mol. The smallest absolute Gasteiger partial charge is 0.229 e. The monoisotopic (exact) mass is 330 g/mol. The van der Waals surface area contributed by atoms with Crippen LogP contribution in [-0.2, 0) is 4.74 Å². The highest BCUT2D eigenvalue weighted by molar-refractivity contribution is 5.46. The van der Waals surface area contributed by atoms with Crippen LogP contribution in [0.15, 0.2) is 18.2 Å². The SMILES string of the molecule is COc1cccc(O[C@@H]2O[C@H](CO)[C@@H](O)[C@H](O)[C@H]2O)c1[C@H](C)O. The first-order chi connectivity index (χ1) is 10.9. The largest absolute Gasteiger partial charge is 0.496 e. The predicted octanol–water partition coefficient (Wildman–Crippen LogP) is -1.07. The van der Waals surface area contributed by atoms with Crippen LogP contribution in [0, 0.1) is 0 Å². The summed E-state index contributed by atoms with van der Waals surface area (Å²) in [5.74, 6) is 0.589. The molecule has 1 heterocycles. The molecule has 0 aromatic heterocycles. The van der Waals surface area contributed by atoms with E-state index in [2.05, 4.69) is 0 Å². The van der Waals surface area contributed by atoms with E-state index >= 15 is 0 Å². The molecule has 0 amide bonds. The van der Waals surface area contributed by atoms with E-state index in [0.717, 1.165) is 0 Å². The van der Waals surface area contributed by atoms with E-state index in [0.29, 0.717) is 11.3 Å². The minimum absolute atomic E-state index is 0.198. The Morgan fingerprint density at radius 3 is 2.35 bits per heavy atom. The molecule has 0 spiro atoms. The maximum Gasteiger partial charge on any atom is 0.229 e. The van der Waals surface area contributed by atoms with Gasteiger partial charge >= 0.3 is 0 Å².